The standard InChI is InChI=1S/C19H19N3O4/c1-19(2)11-12-5-3-6-13(17(12)25-19)20-15(23)8-9-16-21-18(22-26-16)14-7-4-10-24-14/h3-7,10H,8-9,11H2,1-2H3,(H,20,23). The van der Waals surface area contributed by atoms with Crippen molar-refractivity contribution in [1.29, 1.82) is 0 Å². The molecular weight excluding hydrogens is 334 g/mol. The maximum absolute atomic E-state index is 12.3. The van der Waals surface area contributed by atoms with Gasteiger partial charge in [0.15, 0.2) is 5.76 Å². The maximum atomic E-state index is 12.3. The Labute approximate surface area is 150 Å². The Morgan fingerprint density at radius 1 is 1.27 bits per heavy atom. The molecule has 4 rings (SSSR count). The summed E-state index contributed by atoms with van der Waals surface area (Å²) in [6.07, 6.45) is 2.94. The predicted octanol–water partition coefficient (Wildman–Crippen LogP) is 3.61. The summed E-state index contributed by atoms with van der Waals surface area (Å²) in [5, 5.41) is 6.76. The smallest absolute Gasteiger partial charge is 0.238 e. The monoisotopic (exact) mass is 353 g/mol. The number of amides is 1. The van der Waals surface area contributed by atoms with Crippen molar-refractivity contribution in [3.8, 4) is 17.3 Å². The number of nitrogens with zero attached hydrogens (tertiary/aromatic N) is 2. The van der Waals surface area contributed by atoms with Gasteiger partial charge in [-0.15, -0.1) is 0 Å². The molecule has 7 heteroatoms. The number of rotatable bonds is 5. The van der Waals surface area contributed by atoms with Crippen molar-refractivity contribution in [1.82, 2.24) is 10.1 Å². The van der Waals surface area contributed by atoms with Crippen molar-refractivity contribution in [2.75, 3.05) is 5.32 Å². The summed E-state index contributed by atoms with van der Waals surface area (Å²) >= 11 is 0. The first-order valence-corrected chi connectivity index (χ1v) is 8.47. The Morgan fingerprint density at radius 3 is 2.96 bits per heavy atom. The van der Waals surface area contributed by atoms with Gasteiger partial charge in [0, 0.05) is 24.8 Å². The highest BCUT2D eigenvalue weighted by Gasteiger charge is 2.31. The van der Waals surface area contributed by atoms with Gasteiger partial charge in [-0.2, -0.15) is 4.98 Å². The Hall–Kier alpha value is -3.09. The van der Waals surface area contributed by atoms with Crippen LogP contribution in [0.3, 0.4) is 0 Å². The molecule has 26 heavy (non-hydrogen) atoms. The van der Waals surface area contributed by atoms with Crippen LogP contribution in [0, 0.1) is 0 Å². The third-order valence-corrected chi connectivity index (χ3v) is 4.14. The van der Waals surface area contributed by atoms with E-state index in [2.05, 4.69) is 15.5 Å². The number of hydrogen-bond donors (Lipinski definition) is 1. The predicted molar refractivity (Wildman–Crippen MR) is 93.8 cm³/mol. The normalized spacial score (nSPS) is 14.7. The fourth-order valence-corrected chi connectivity index (χ4v) is 3.01. The number of ether oxygens (including phenoxy) is 1. The van der Waals surface area contributed by atoms with Gasteiger partial charge in [0.25, 0.3) is 0 Å². The van der Waals surface area contributed by atoms with E-state index in [1.165, 1.54) is 0 Å². The first-order valence-electron chi connectivity index (χ1n) is 8.47. The van der Waals surface area contributed by atoms with E-state index < -0.39 is 0 Å². The minimum Gasteiger partial charge on any atom is -0.485 e. The van der Waals surface area contributed by atoms with Crippen molar-refractivity contribution < 1.29 is 18.5 Å². The fourth-order valence-electron chi connectivity index (χ4n) is 3.01. The lowest BCUT2D eigenvalue weighted by Gasteiger charge is -2.18. The molecule has 3 heterocycles. The Balaban J connectivity index is 1.38. The number of anilines is 1. The summed E-state index contributed by atoms with van der Waals surface area (Å²) in [6, 6.07) is 9.29. The van der Waals surface area contributed by atoms with Gasteiger partial charge in [-0.25, -0.2) is 0 Å². The fraction of sp³-hybridized carbons (Fsp3) is 0.316. The molecule has 1 aliphatic heterocycles. The summed E-state index contributed by atoms with van der Waals surface area (Å²) in [6.45, 7) is 4.07. The zero-order valence-corrected chi connectivity index (χ0v) is 14.6. The summed E-state index contributed by atoms with van der Waals surface area (Å²) in [5.41, 5.74) is 1.54. The second-order valence-corrected chi connectivity index (χ2v) is 6.87. The Kier molecular flexibility index (Phi) is 3.99. The summed E-state index contributed by atoms with van der Waals surface area (Å²) in [4.78, 5) is 16.5. The molecule has 1 aliphatic rings. The van der Waals surface area contributed by atoms with Gasteiger partial charge in [0.05, 0.1) is 12.0 Å². The molecule has 0 spiro atoms. The molecule has 1 N–H and O–H groups in total. The van der Waals surface area contributed by atoms with Crippen LogP contribution in [0.5, 0.6) is 5.75 Å². The van der Waals surface area contributed by atoms with Crippen LogP contribution < -0.4 is 10.1 Å². The molecule has 1 amide bonds. The lowest BCUT2D eigenvalue weighted by atomic mass is 10.0. The molecule has 0 unspecified atom stereocenters. The van der Waals surface area contributed by atoms with Crippen molar-refractivity contribution >= 4 is 11.6 Å². The topological polar surface area (TPSA) is 90.4 Å². The number of benzene rings is 1. The molecule has 7 nitrogen and oxygen atoms in total. The largest absolute Gasteiger partial charge is 0.485 e. The van der Waals surface area contributed by atoms with Crippen molar-refractivity contribution in [2.45, 2.75) is 38.7 Å². The number of para-hydroxylation sites is 1. The second kappa shape index (κ2) is 6.33. The van der Waals surface area contributed by atoms with Crippen LogP contribution in [0.25, 0.3) is 11.6 Å². The van der Waals surface area contributed by atoms with Crippen LogP contribution in [0.4, 0.5) is 5.69 Å². The van der Waals surface area contributed by atoms with Crippen LogP contribution >= 0.6 is 0 Å². The molecular formula is C19H19N3O4. The highest BCUT2D eigenvalue weighted by atomic mass is 16.5. The quantitative estimate of drug-likeness (QED) is 0.753. The van der Waals surface area contributed by atoms with Gasteiger partial charge in [0.1, 0.15) is 11.4 Å². The maximum Gasteiger partial charge on any atom is 0.238 e. The summed E-state index contributed by atoms with van der Waals surface area (Å²) < 4.78 is 16.4. The molecule has 134 valence electrons. The molecule has 0 saturated carbocycles. The van der Waals surface area contributed by atoms with Crippen LogP contribution in [-0.4, -0.2) is 21.6 Å². The molecule has 0 radical (unpaired) electrons. The summed E-state index contributed by atoms with van der Waals surface area (Å²) in [7, 11) is 0. The second-order valence-electron chi connectivity index (χ2n) is 6.87. The van der Waals surface area contributed by atoms with E-state index in [1.807, 2.05) is 32.0 Å². The molecule has 0 bridgehead atoms. The molecule has 0 atom stereocenters. The lowest BCUT2D eigenvalue weighted by molar-refractivity contribution is -0.116. The molecule has 0 aliphatic carbocycles. The average molecular weight is 353 g/mol. The third-order valence-electron chi connectivity index (χ3n) is 4.14. The number of hydrogen-bond acceptors (Lipinski definition) is 6. The number of fused-ring (bicyclic) bond motifs is 1. The number of carbonyl (C=O) groups is 1. The van der Waals surface area contributed by atoms with E-state index in [-0.39, 0.29) is 17.9 Å². The van der Waals surface area contributed by atoms with E-state index in [4.69, 9.17) is 13.7 Å². The van der Waals surface area contributed by atoms with Gasteiger partial charge in [-0.05, 0) is 32.0 Å². The molecule has 2 aromatic heterocycles. The van der Waals surface area contributed by atoms with Crippen LogP contribution in [0.1, 0.15) is 31.7 Å². The zero-order valence-electron chi connectivity index (χ0n) is 14.6. The van der Waals surface area contributed by atoms with E-state index in [1.54, 1.807) is 18.4 Å². The number of aryl methyl sites for hydroxylation is 1. The third kappa shape index (κ3) is 3.33. The van der Waals surface area contributed by atoms with Gasteiger partial charge in [-0.1, -0.05) is 17.3 Å². The number of carbonyl (C=O) groups excluding carboxylic acids is 1. The van der Waals surface area contributed by atoms with Crippen LogP contribution in [0.15, 0.2) is 45.5 Å². The van der Waals surface area contributed by atoms with Gasteiger partial charge in [-0.3, -0.25) is 4.79 Å². The number of furan rings is 1. The minimum absolute atomic E-state index is 0.135. The van der Waals surface area contributed by atoms with E-state index in [9.17, 15) is 4.79 Å². The van der Waals surface area contributed by atoms with E-state index >= 15 is 0 Å². The lowest BCUT2D eigenvalue weighted by Crippen LogP contribution is -2.25. The molecule has 0 fully saturated rings. The first kappa shape index (κ1) is 16.4. The molecule has 3 aromatic rings. The summed E-state index contributed by atoms with van der Waals surface area (Å²) in [5.74, 6) is 1.92. The highest BCUT2D eigenvalue weighted by Crippen LogP contribution is 2.40. The first-order chi connectivity index (χ1) is 12.5. The number of nitrogens with one attached hydrogen (secondary N) is 1. The molecule has 0 saturated heterocycles. The average Bonchev–Trinajstić information content (AvgIpc) is 3.31. The van der Waals surface area contributed by atoms with Crippen LogP contribution in [0.2, 0.25) is 0 Å². The Morgan fingerprint density at radius 2 is 2.15 bits per heavy atom. The van der Waals surface area contributed by atoms with Crippen LogP contribution in [-0.2, 0) is 17.6 Å². The SMILES string of the molecule is CC1(C)Cc2cccc(NC(=O)CCc3nc(-c4ccco4)no3)c2O1. The van der Waals surface area contributed by atoms with E-state index in [0.29, 0.717) is 29.6 Å². The van der Waals surface area contributed by atoms with Crippen molar-refractivity contribution in [2.24, 2.45) is 0 Å². The van der Waals surface area contributed by atoms with Crippen molar-refractivity contribution in [3.05, 3.63) is 48.0 Å². The minimum atomic E-state index is -0.255. The van der Waals surface area contributed by atoms with Gasteiger partial charge >= 0.3 is 0 Å². The zero-order chi connectivity index (χ0) is 18.1. The Bertz CT molecular complexity index is 928. The highest BCUT2D eigenvalue weighted by molar-refractivity contribution is 5.92. The molecule has 1 aromatic carbocycles. The van der Waals surface area contributed by atoms with Gasteiger partial charge < -0.3 is 19.0 Å². The van der Waals surface area contributed by atoms with Gasteiger partial charge in [0.2, 0.25) is 17.6 Å². The number of aromatic nitrogens is 2. The van der Waals surface area contributed by atoms with Crippen molar-refractivity contribution in [3.63, 3.8) is 0 Å². The van der Waals surface area contributed by atoms with E-state index in [0.717, 1.165) is 17.7 Å².